The van der Waals surface area contributed by atoms with Gasteiger partial charge in [0, 0.05) is 4.88 Å². The van der Waals surface area contributed by atoms with E-state index in [0.717, 1.165) is 19.3 Å². The van der Waals surface area contributed by atoms with E-state index in [1.165, 1.54) is 22.0 Å². The van der Waals surface area contributed by atoms with Gasteiger partial charge < -0.3 is 5.32 Å². The van der Waals surface area contributed by atoms with Crippen LogP contribution in [0.5, 0.6) is 0 Å². The van der Waals surface area contributed by atoms with E-state index in [2.05, 4.69) is 40.1 Å². The van der Waals surface area contributed by atoms with Crippen molar-refractivity contribution < 1.29 is 0 Å². The second-order valence-electron chi connectivity index (χ2n) is 4.31. The van der Waals surface area contributed by atoms with Crippen LogP contribution < -0.4 is 5.32 Å². The van der Waals surface area contributed by atoms with Crippen LogP contribution in [0.2, 0.25) is 0 Å². The molecule has 92 valence electrons. The van der Waals surface area contributed by atoms with E-state index >= 15 is 0 Å². The molecule has 1 aromatic heterocycles. The highest BCUT2D eigenvalue weighted by Gasteiger charge is 2.31. The number of hydrogen-bond acceptors (Lipinski definition) is 3. The van der Waals surface area contributed by atoms with Gasteiger partial charge in [-0.2, -0.15) is 0 Å². The Morgan fingerprint density at radius 3 is 2.38 bits per heavy atom. The molecule has 2 nitrogen and oxygen atoms in total. The Balaban J connectivity index is 3.09. The lowest BCUT2D eigenvalue weighted by Crippen LogP contribution is -2.39. The number of thiazole rings is 1. The molecule has 1 atom stereocenters. The fourth-order valence-corrected chi connectivity index (χ4v) is 3.53. The van der Waals surface area contributed by atoms with Crippen molar-refractivity contribution in [2.45, 2.75) is 58.9 Å². The minimum atomic E-state index is 0.0948. The van der Waals surface area contributed by atoms with E-state index in [0.29, 0.717) is 0 Å². The van der Waals surface area contributed by atoms with Crippen molar-refractivity contribution in [1.29, 1.82) is 0 Å². The van der Waals surface area contributed by atoms with E-state index in [1.807, 2.05) is 11.3 Å². The van der Waals surface area contributed by atoms with Crippen LogP contribution in [-0.4, -0.2) is 12.0 Å². The summed E-state index contributed by atoms with van der Waals surface area (Å²) in [6, 6.07) is 0. The molecule has 1 aromatic rings. The van der Waals surface area contributed by atoms with E-state index in [9.17, 15) is 0 Å². The maximum atomic E-state index is 4.82. The molecular formula is C13H24N2S. The van der Waals surface area contributed by atoms with Crippen molar-refractivity contribution in [3.63, 3.8) is 0 Å². The van der Waals surface area contributed by atoms with Crippen LogP contribution >= 0.6 is 11.3 Å². The third-order valence-electron chi connectivity index (χ3n) is 3.40. The highest BCUT2D eigenvalue weighted by atomic mass is 32.1. The van der Waals surface area contributed by atoms with Gasteiger partial charge in [0.1, 0.15) is 5.01 Å². The first-order chi connectivity index (χ1) is 7.63. The molecule has 3 heteroatoms. The van der Waals surface area contributed by atoms with Gasteiger partial charge in [-0.05, 0) is 33.2 Å². The molecule has 1 rings (SSSR count). The van der Waals surface area contributed by atoms with E-state index < -0.39 is 0 Å². The molecule has 1 unspecified atom stereocenters. The second-order valence-corrected chi connectivity index (χ2v) is 5.51. The van der Waals surface area contributed by atoms with Crippen LogP contribution in [-0.2, 0) is 12.0 Å². The number of rotatable bonds is 6. The predicted octanol–water partition coefficient (Wildman–Crippen LogP) is 3.64. The second kappa shape index (κ2) is 5.78. The minimum Gasteiger partial charge on any atom is -0.308 e. The maximum absolute atomic E-state index is 4.82. The van der Waals surface area contributed by atoms with Crippen LogP contribution in [0.15, 0.2) is 0 Å². The first-order valence-corrected chi connectivity index (χ1v) is 7.10. The SMILES string of the molecule is CCCC(CC)(NC)c1nc(CC)c(C)s1. The van der Waals surface area contributed by atoms with Crippen molar-refractivity contribution in [1.82, 2.24) is 10.3 Å². The zero-order chi connectivity index (χ0) is 12.2. The summed E-state index contributed by atoms with van der Waals surface area (Å²) in [7, 11) is 2.06. The van der Waals surface area contributed by atoms with Gasteiger partial charge in [-0.25, -0.2) is 4.98 Å². The summed E-state index contributed by atoms with van der Waals surface area (Å²) in [6.07, 6.45) is 4.50. The van der Waals surface area contributed by atoms with Gasteiger partial charge in [0.15, 0.2) is 0 Å². The number of hydrogen-bond donors (Lipinski definition) is 1. The lowest BCUT2D eigenvalue weighted by molar-refractivity contribution is 0.316. The predicted molar refractivity (Wildman–Crippen MR) is 72.2 cm³/mol. The Bertz CT molecular complexity index is 327. The average molecular weight is 240 g/mol. The van der Waals surface area contributed by atoms with Gasteiger partial charge >= 0.3 is 0 Å². The standard InChI is InChI=1S/C13H24N2S/c1-6-9-13(8-3,14-5)12-15-11(7-2)10(4)16-12/h14H,6-9H2,1-5H3. The highest BCUT2D eigenvalue weighted by Crippen LogP contribution is 2.34. The largest absolute Gasteiger partial charge is 0.308 e. The Morgan fingerprint density at radius 2 is 2.00 bits per heavy atom. The van der Waals surface area contributed by atoms with E-state index in [1.54, 1.807) is 0 Å². The summed E-state index contributed by atoms with van der Waals surface area (Å²) in [5.74, 6) is 0. The molecule has 0 aliphatic rings. The summed E-state index contributed by atoms with van der Waals surface area (Å²) in [6.45, 7) is 8.85. The Labute approximate surface area is 103 Å². The summed E-state index contributed by atoms with van der Waals surface area (Å²) >= 11 is 1.86. The van der Waals surface area contributed by atoms with Gasteiger partial charge in [-0.3, -0.25) is 0 Å². The summed E-state index contributed by atoms with van der Waals surface area (Å²) in [4.78, 5) is 6.19. The van der Waals surface area contributed by atoms with Crippen LogP contribution in [0.4, 0.5) is 0 Å². The molecule has 1 N–H and O–H groups in total. The fraction of sp³-hybridized carbons (Fsp3) is 0.769. The normalized spacial score (nSPS) is 15.1. The number of aromatic nitrogens is 1. The van der Waals surface area contributed by atoms with E-state index in [-0.39, 0.29) is 5.54 Å². The Kier molecular flexibility index (Phi) is 4.93. The minimum absolute atomic E-state index is 0.0948. The van der Waals surface area contributed by atoms with Gasteiger partial charge in [0.2, 0.25) is 0 Å². The van der Waals surface area contributed by atoms with Gasteiger partial charge in [0.25, 0.3) is 0 Å². The van der Waals surface area contributed by atoms with Crippen molar-refractivity contribution in [2.24, 2.45) is 0 Å². The first kappa shape index (κ1) is 13.7. The quantitative estimate of drug-likeness (QED) is 0.821. The van der Waals surface area contributed by atoms with Crippen LogP contribution in [0.3, 0.4) is 0 Å². The van der Waals surface area contributed by atoms with Crippen molar-refractivity contribution in [2.75, 3.05) is 7.05 Å². The number of nitrogens with one attached hydrogen (secondary N) is 1. The summed E-state index contributed by atoms with van der Waals surface area (Å²) < 4.78 is 0. The smallest absolute Gasteiger partial charge is 0.113 e. The highest BCUT2D eigenvalue weighted by molar-refractivity contribution is 7.11. The summed E-state index contributed by atoms with van der Waals surface area (Å²) in [5.41, 5.74) is 1.36. The van der Waals surface area contributed by atoms with Crippen molar-refractivity contribution >= 4 is 11.3 Å². The topological polar surface area (TPSA) is 24.9 Å². The lowest BCUT2D eigenvalue weighted by Gasteiger charge is -2.30. The van der Waals surface area contributed by atoms with Gasteiger partial charge in [-0.1, -0.05) is 27.2 Å². The van der Waals surface area contributed by atoms with Gasteiger partial charge in [0.05, 0.1) is 11.2 Å². The molecule has 1 heterocycles. The maximum Gasteiger partial charge on any atom is 0.113 e. The zero-order valence-corrected chi connectivity index (χ0v) is 12.0. The Hall–Kier alpha value is -0.410. The van der Waals surface area contributed by atoms with Crippen molar-refractivity contribution in [3.8, 4) is 0 Å². The molecule has 0 amide bonds. The van der Waals surface area contributed by atoms with Crippen LogP contribution in [0.25, 0.3) is 0 Å². The molecule has 16 heavy (non-hydrogen) atoms. The molecule has 0 spiro atoms. The first-order valence-electron chi connectivity index (χ1n) is 6.29. The van der Waals surface area contributed by atoms with Gasteiger partial charge in [-0.15, -0.1) is 11.3 Å². The zero-order valence-electron chi connectivity index (χ0n) is 11.2. The monoisotopic (exact) mass is 240 g/mol. The lowest BCUT2D eigenvalue weighted by atomic mass is 9.91. The molecule has 0 saturated heterocycles. The summed E-state index contributed by atoms with van der Waals surface area (Å²) in [5, 5.41) is 4.77. The van der Waals surface area contributed by atoms with Crippen molar-refractivity contribution in [3.05, 3.63) is 15.6 Å². The molecule has 0 bridgehead atoms. The average Bonchev–Trinajstić information content (AvgIpc) is 2.68. The fourth-order valence-electron chi connectivity index (χ4n) is 2.23. The third kappa shape index (κ3) is 2.46. The molecule has 0 fully saturated rings. The molecule has 0 aromatic carbocycles. The van der Waals surface area contributed by atoms with Crippen LogP contribution in [0.1, 0.15) is 55.6 Å². The third-order valence-corrected chi connectivity index (χ3v) is 4.61. The number of nitrogens with zero attached hydrogens (tertiary/aromatic N) is 1. The number of aryl methyl sites for hydroxylation is 2. The molecule has 0 radical (unpaired) electrons. The molecular weight excluding hydrogens is 216 g/mol. The molecule has 0 aliphatic heterocycles. The molecule has 0 aliphatic carbocycles. The molecule has 0 saturated carbocycles. The van der Waals surface area contributed by atoms with Crippen LogP contribution in [0, 0.1) is 6.92 Å². The Morgan fingerprint density at radius 1 is 1.31 bits per heavy atom. The van der Waals surface area contributed by atoms with E-state index in [4.69, 9.17) is 4.98 Å².